The molecule has 0 aromatic heterocycles. The summed E-state index contributed by atoms with van der Waals surface area (Å²) in [6.07, 6.45) is 0. The van der Waals surface area contributed by atoms with Gasteiger partial charge in [0.05, 0.1) is 17.7 Å². The lowest BCUT2D eigenvalue weighted by Gasteiger charge is -2.20. The first kappa shape index (κ1) is 11.9. The zero-order valence-electron chi connectivity index (χ0n) is 9.39. The van der Waals surface area contributed by atoms with Crippen LogP contribution < -0.4 is 4.74 Å². The summed E-state index contributed by atoms with van der Waals surface area (Å²) in [6.45, 7) is 6.23. The van der Waals surface area contributed by atoms with E-state index in [1.807, 2.05) is 12.1 Å². The lowest BCUT2D eigenvalue weighted by atomic mass is 9.86. The zero-order chi connectivity index (χ0) is 11.6. The number of benzene rings is 1. The Labute approximate surface area is 95.4 Å². The molecule has 3 heteroatoms. The van der Waals surface area contributed by atoms with Crippen molar-refractivity contribution in [3.8, 4) is 11.8 Å². The van der Waals surface area contributed by atoms with E-state index in [9.17, 15) is 0 Å². The zero-order valence-corrected chi connectivity index (χ0v) is 10.1. The van der Waals surface area contributed by atoms with Crippen LogP contribution >= 0.6 is 11.6 Å². The van der Waals surface area contributed by atoms with Crippen molar-refractivity contribution in [1.82, 2.24) is 0 Å². The highest BCUT2D eigenvalue weighted by atomic mass is 35.5. The molecular weight excluding hydrogens is 210 g/mol. The molecule has 0 aliphatic heterocycles. The number of hydrogen-bond donors (Lipinski definition) is 0. The van der Waals surface area contributed by atoms with Crippen LogP contribution in [0, 0.1) is 11.3 Å². The van der Waals surface area contributed by atoms with Crippen LogP contribution in [-0.2, 0) is 5.41 Å². The van der Waals surface area contributed by atoms with E-state index < -0.39 is 0 Å². The molecule has 0 unspecified atom stereocenters. The van der Waals surface area contributed by atoms with E-state index in [1.54, 1.807) is 0 Å². The molecule has 1 aromatic rings. The smallest absolute Gasteiger partial charge is 0.155 e. The molecule has 0 saturated carbocycles. The SMILES string of the molecule is COc1c(Cl)cc(C(C)(C)C)cc1C#N. The van der Waals surface area contributed by atoms with Crippen molar-refractivity contribution in [2.45, 2.75) is 26.2 Å². The topological polar surface area (TPSA) is 33.0 Å². The Morgan fingerprint density at radius 2 is 1.93 bits per heavy atom. The minimum atomic E-state index is -0.0263. The van der Waals surface area contributed by atoms with Gasteiger partial charge in [-0.05, 0) is 23.1 Å². The van der Waals surface area contributed by atoms with Crippen LogP contribution in [0.3, 0.4) is 0 Å². The van der Waals surface area contributed by atoms with E-state index in [2.05, 4.69) is 26.8 Å². The molecule has 80 valence electrons. The van der Waals surface area contributed by atoms with E-state index in [0.29, 0.717) is 16.3 Å². The van der Waals surface area contributed by atoms with Crippen LogP contribution in [-0.4, -0.2) is 7.11 Å². The summed E-state index contributed by atoms with van der Waals surface area (Å²) in [6, 6.07) is 5.76. The maximum absolute atomic E-state index is 8.98. The number of hydrogen-bond acceptors (Lipinski definition) is 2. The summed E-state index contributed by atoms with van der Waals surface area (Å²) in [5.74, 6) is 0.451. The van der Waals surface area contributed by atoms with Crippen molar-refractivity contribution in [3.05, 3.63) is 28.3 Å². The molecule has 0 atom stereocenters. The summed E-state index contributed by atoms with van der Waals surface area (Å²) in [7, 11) is 1.51. The van der Waals surface area contributed by atoms with E-state index in [-0.39, 0.29) is 5.41 Å². The number of halogens is 1. The van der Waals surface area contributed by atoms with Crippen LogP contribution in [0.4, 0.5) is 0 Å². The Bertz CT molecular complexity index is 413. The third kappa shape index (κ3) is 2.43. The second-order valence-corrected chi connectivity index (χ2v) is 4.81. The molecule has 0 radical (unpaired) electrons. The van der Waals surface area contributed by atoms with E-state index in [1.165, 1.54) is 7.11 Å². The third-order valence-corrected chi connectivity index (χ3v) is 2.51. The molecule has 1 rings (SSSR count). The van der Waals surface area contributed by atoms with Crippen molar-refractivity contribution >= 4 is 11.6 Å². The summed E-state index contributed by atoms with van der Waals surface area (Å²) in [4.78, 5) is 0. The summed E-state index contributed by atoms with van der Waals surface area (Å²) in [5.41, 5.74) is 1.49. The molecule has 15 heavy (non-hydrogen) atoms. The molecular formula is C12H14ClNO. The Hall–Kier alpha value is -1.20. The van der Waals surface area contributed by atoms with Crippen LogP contribution in [0.5, 0.6) is 5.75 Å². The van der Waals surface area contributed by atoms with Crippen LogP contribution in [0.15, 0.2) is 12.1 Å². The van der Waals surface area contributed by atoms with Crippen molar-refractivity contribution in [2.24, 2.45) is 0 Å². The fourth-order valence-electron chi connectivity index (χ4n) is 1.32. The van der Waals surface area contributed by atoms with Crippen LogP contribution in [0.1, 0.15) is 31.9 Å². The molecule has 0 aliphatic rings. The maximum atomic E-state index is 8.98. The van der Waals surface area contributed by atoms with Crippen molar-refractivity contribution < 1.29 is 4.74 Å². The number of nitriles is 1. The van der Waals surface area contributed by atoms with Crippen molar-refractivity contribution in [2.75, 3.05) is 7.11 Å². The van der Waals surface area contributed by atoms with Gasteiger partial charge in [0, 0.05) is 0 Å². The van der Waals surface area contributed by atoms with Gasteiger partial charge < -0.3 is 4.74 Å². The van der Waals surface area contributed by atoms with Gasteiger partial charge in [0.2, 0.25) is 0 Å². The van der Waals surface area contributed by atoms with Gasteiger partial charge in [0.1, 0.15) is 6.07 Å². The lowest BCUT2D eigenvalue weighted by molar-refractivity contribution is 0.413. The molecule has 2 nitrogen and oxygen atoms in total. The average Bonchev–Trinajstić information content (AvgIpc) is 2.15. The number of methoxy groups -OCH3 is 1. The van der Waals surface area contributed by atoms with Gasteiger partial charge in [-0.1, -0.05) is 32.4 Å². The van der Waals surface area contributed by atoms with E-state index >= 15 is 0 Å². The molecule has 1 aromatic carbocycles. The second-order valence-electron chi connectivity index (χ2n) is 4.40. The monoisotopic (exact) mass is 223 g/mol. The lowest BCUT2D eigenvalue weighted by Crippen LogP contribution is -2.11. The first-order valence-electron chi connectivity index (χ1n) is 4.68. The fraction of sp³-hybridized carbons (Fsp3) is 0.417. The van der Waals surface area contributed by atoms with Gasteiger partial charge in [0.25, 0.3) is 0 Å². The molecule has 0 bridgehead atoms. The van der Waals surface area contributed by atoms with E-state index in [0.717, 1.165) is 5.56 Å². The Morgan fingerprint density at radius 1 is 1.33 bits per heavy atom. The highest BCUT2D eigenvalue weighted by Gasteiger charge is 2.18. The Kier molecular flexibility index (Phi) is 3.26. The Balaban J connectivity index is 3.41. The van der Waals surface area contributed by atoms with Gasteiger partial charge in [0.15, 0.2) is 5.75 Å². The number of ether oxygens (including phenoxy) is 1. The molecule has 0 aliphatic carbocycles. The first-order chi connectivity index (χ1) is 6.90. The molecule has 0 heterocycles. The van der Waals surface area contributed by atoms with Gasteiger partial charge >= 0.3 is 0 Å². The Morgan fingerprint density at radius 3 is 2.33 bits per heavy atom. The largest absolute Gasteiger partial charge is 0.494 e. The number of nitrogens with zero attached hydrogens (tertiary/aromatic N) is 1. The first-order valence-corrected chi connectivity index (χ1v) is 5.06. The molecule has 0 fully saturated rings. The quantitative estimate of drug-likeness (QED) is 0.730. The van der Waals surface area contributed by atoms with Crippen LogP contribution in [0.25, 0.3) is 0 Å². The van der Waals surface area contributed by atoms with Gasteiger partial charge in [-0.2, -0.15) is 5.26 Å². The second kappa shape index (κ2) is 4.12. The predicted molar refractivity (Wildman–Crippen MR) is 61.4 cm³/mol. The minimum Gasteiger partial charge on any atom is -0.494 e. The standard InChI is InChI=1S/C12H14ClNO/c1-12(2,3)9-5-8(7-14)11(15-4)10(13)6-9/h5-6H,1-4H3. The third-order valence-electron chi connectivity index (χ3n) is 2.23. The molecule has 0 amide bonds. The highest BCUT2D eigenvalue weighted by molar-refractivity contribution is 6.32. The average molecular weight is 224 g/mol. The predicted octanol–water partition coefficient (Wildman–Crippen LogP) is 3.52. The molecule has 0 spiro atoms. The summed E-state index contributed by atoms with van der Waals surface area (Å²) in [5, 5.41) is 9.46. The van der Waals surface area contributed by atoms with Gasteiger partial charge in [-0.15, -0.1) is 0 Å². The fourth-order valence-corrected chi connectivity index (χ4v) is 1.61. The van der Waals surface area contributed by atoms with Gasteiger partial charge in [-0.3, -0.25) is 0 Å². The molecule has 0 saturated heterocycles. The maximum Gasteiger partial charge on any atom is 0.155 e. The van der Waals surface area contributed by atoms with Crippen LogP contribution in [0.2, 0.25) is 5.02 Å². The normalized spacial score (nSPS) is 10.9. The van der Waals surface area contributed by atoms with Gasteiger partial charge in [-0.25, -0.2) is 0 Å². The number of rotatable bonds is 1. The summed E-state index contributed by atoms with van der Waals surface area (Å²) < 4.78 is 5.08. The minimum absolute atomic E-state index is 0.0263. The highest BCUT2D eigenvalue weighted by Crippen LogP contribution is 2.34. The molecule has 0 N–H and O–H groups in total. The van der Waals surface area contributed by atoms with E-state index in [4.69, 9.17) is 21.6 Å². The van der Waals surface area contributed by atoms with Crippen molar-refractivity contribution in [3.63, 3.8) is 0 Å². The van der Waals surface area contributed by atoms with Crippen molar-refractivity contribution in [1.29, 1.82) is 5.26 Å². The summed E-state index contributed by atoms with van der Waals surface area (Å²) >= 11 is 6.04.